The van der Waals surface area contributed by atoms with Crippen LogP contribution in [-0.4, -0.2) is 62.5 Å². The van der Waals surface area contributed by atoms with Crippen LogP contribution in [0.3, 0.4) is 0 Å². The molecule has 0 radical (unpaired) electrons. The molecule has 0 bridgehead atoms. The third-order valence-corrected chi connectivity index (χ3v) is 10.9. The summed E-state index contributed by atoms with van der Waals surface area (Å²) in [4.78, 5) is 29.3. The minimum atomic E-state index is -2.50. The summed E-state index contributed by atoms with van der Waals surface area (Å²) in [5, 5.41) is 1.75. The van der Waals surface area contributed by atoms with E-state index in [4.69, 9.17) is 11.6 Å². The van der Waals surface area contributed by atoms with Crippen LogP contribution in [0.4, 0.5) is 0 Å². The highest BCUT2D eigenvalue weighted by Gasteiger charge is 2.44. The van der Waals surface area contributed by atoms with Gasteiger partial charge in [-0.15, -0.1) is 0 Å². The molecule has 34 heavy (non-hydrogen) atoms. The number of carbonyl (C=O) groups excluding carboxylic acids is 1. The van der Waals surface area contributed by atoms with Crippen molar-refractivity contribution in [1.82, 2.24) is 9.80 Å². The Balaban J connectivity index is 1.57. The van der Waals surface area contributed by atoms with Crippen molar-refractivity contribution in [2.24, 2.45) is 0 Å². The number of nitrogens with zero attached hydrogens (tertiary/aromatic N) is 2. The second-order valence-electron chi connectivity index (χ2n) is 9.47. The molecule has 4 nitrogen and oxygen atoms in total. The minimum Gasteiger partial charge on any atom is -0.427 e. The summed E-state index contributed by atoms with van der Waals surface area (Å²) in [5.41, 5.74) is 1.28. The zero-order valence-corrected chi connectivity index (χ0v) is 21.7. The number of benzene rings is 3. The van der Waals surface area contributed by atoms with Crippen LogP contribution in [0, 0.1) is 0 Å². The van der Waals surface area contributed by atoms with E-state index in [-0.39, 0.29) is 5.91 Å². The fourth-order valence-corrected chi connectivity index (χ4v) is 8.27. The Hall–Kier alpha value is -2.44. The van der Waals surface area contributed by atoms with Gasteiger partial charge in [0, 0.05) is 19.1 Å². The van der Waals surface area contributed by atoms with Gasteiger partial charge in [0.25, 0.3) is 0 Å². The highest BCUT2D eigenvalue weighted by Crippen LogP contribution is 2.38. The van der Waals surface area contributed by atoms with Gasteiger partial charge in [-0.25, -0.2) is 0 Å². The molecule has 0 aliphatic carbocycles. The van der Waals surface area contributed by atoms with Crippen molar-refractivity contribution in [2.75, 3.05) is 33.7 Å². The molecule has 1 N–H and O–H groups in total. The molecule has 0 spiro atoms. The lowest BCUT2D eigenvalue weighted by atomic mass is 9.70. The van der Waals surface area contributed by atoms with Crippen LogP contribution in [0.15, 0.2) is 84.9 Å². The molecular formula is C28H33ClN2O2Si. The van der Waals surface area contributed by atoms with Crippen molar-refractivity contribution >= 4 is 31.0 Å². The van der Waals surface area contributed by atoms with Crippen LogP contribution < -0.4 is 5.19 Å². The van der Waals surface area contributed by atoms with E-state index in [1.807, 2.05) is 74.8 Å². The molecule has 1 amide bonds. The van der Waals surface area contributed by atoms with E-state index in [9.17, 15) is 9.59 Å². The summed E-state index contributed by atoms with van der Waals surface area (Å²) in [5.74, 6) is 0.0916. The fraction of sp³-hybridized carbons (Fsp3) is 0.321. The lowest BCUT2D eigenvalue weighted by Crippen LogP contribution is -2.56. The van der Waals surface area contributed by atoms with Crippen molar-refractivity contribution in [3.8, 4) is 0 Å². The highest BCUT2D eigenvalue weighted by molar-refractivity contribution is 6.85. The van der Waals surface area contributed by atoms with Crippen LogP contribution in [0.5, 0.6) is 0 Å². The van der Waals surface area contributed by atoms with Gasteiger partial charge in [-0.3, -0.25) is 4.79 Å². The summed E-state index contributed by atoms with van der Waals surface area (Å²) < 4.78 is 0. The van der Waals surface area contributed by atoms with E-state index in [2.05, 4.69) is 29.2 Å². The first-order valence-corrected chi connectivity index (χ1v) is 14.6. The number of likely N-dealkylation sites (N-methyl/N-ethyl adjacent to an activating group) is 1. The van der Waals surface area contributed by atoms with Gasteiger partial charge in [0.05, 0.1) is 0 Å². The summed E-state index contributed by atoms with van der Waals surface area (Å²) in [7, 11) is 1.17. The molecule has 3 aromatic rings. The Kier molecular flexibility index (Phi) is 7.58. The van der Waals surface area contributed by atoms with Gasteiger partial charge in [-0.1, -0.05) is 84.4 Å². The van der Waals surface area contributed by atoms with Crippen molar-refractivity contribution < 1.29 is 9.59 Å². The Morgan fingerprint density at radius 1 is 0.912 bits per heavy atom. The molecule has 0 unspecified atom stereocenters. The van der Waals surface area contributed by atoms with Gasteiger partial charge in [-0.2, -0.15) is 0 Å². The van der Waals surface area contributed by atoms with Gasteiger partial charge in [0.2, 0.25) is 14.2 Å². The molecule has 3 aromatic carbocycles. The largest absolute Gasteiger partial charge is 0.427 e. The number of hydrogen-bond acceptors (Lipinski definition) is 3. The molecule has 0 saturated carbocycles. The Bertz CT molecular complexity index is 1040. The monoisotopic (exact) mass is 492 g/mol. The first-order valence-electron chi connectivity index (χ1n) is 11.9. The molecule has 178 valence electrons. The average molecular weight is 493 g/mol. The van der Waals surface area contributed by atoms with E-state index < -0.39 is 13.7 Å². The minimum absolute atomic E-state index is 0.0916. The van der Waals surface area contributed by atoms with Gasteiger partial charge in [-0.05, 0) is 66.6 Å². The van der Waals surface area contributed by atoms with Crippen LogP contribution >= 0.6 is 11.6 Å². The number of amides is 1. The van der Waals surface area contributed by atoms with Gasteiger partial charge in [0.15, 0.2) is 0 Å². The van der Waals surface area contributed by atoms with E-state index in [0.717, 1.165) is 48.0 Å². The van der Waals surface area contributed by atoms with E-state index in [1.165, 1.54) is 0 Å². The number of carbonyl (C=O) groups is 1. The smallest absolute Gasteiger partial charge is 0.237 e. The molecule has 1 heterocycles. The second kappa shape index (κ2) is 10.4. The Morgan fingerprint density at radius 3 is 1.88 bits per heavy atom. The SMILES string of the molecule is CN(C)C(=O)C(CCN1CC[Si](O)(c2ccc(Cl)cc2)CC1)(c1ccccc1)c1ccccc1. The molecule has 6 heteroatoms. The maximum atomic E-state index is 13.8. The number of halogens is 1. The standard InChI is InChI=1S/C28H33ClN2O2Si/c1-30(2)27(32)28(23-9-5-3-6-10-23,24-11-7-4-8-12-24)17-18-31-19-21-34(33,22-20-31)26-15-13-25(29)14-16-26/h3-16,33H,17-22H2,1-2H3. The zero-order chi connectivity index (χ0) is 24.2. The lowest BCUT2D eigenvalue weighted by Gasteiger charge is -2.40. The molecular weight excluding hydrogens is 460 g/mol. The Labute approximate surface area is 208 Å². The predicted molar refractivity (Wildman–Crippen MR) is 142 cm³/mol. The van der Waals surface area contributed by atoms with Crippen LogP contribution in [0.1, 0.15) is 17.5 Å². The zero-order valence-electron chi connectivity index (χ0n) is 20.0. The number of rotatable bonds is 7. The topological polar surface area (TPSA) is 43.8 Å². The predicted octanol–water partition coefficient (Wildman–Crippen LogP) is 4.27. The van der Waals surface area contributed by atoms with Gasteiger partial charge < -0.3 is 14.6 Å². The van der Waals surface area contributed by atoms with Crippen molar-refractivity contribution in [2.45, 2.75) is 23.9 Å². The maximum absolute atomic E-state index is 13.8. The quantitative estimate of drug-likeness (QED) is 0.501. The molecule has 4 rings (SSSR count). The van der Waals surface area contributed by atoms with Crippen molar-refractivity contribution in [1.29, 1.82) is 0 Å². The van der Waals surface area contributed by atoms with Crippen molar-refractivity contribution in [3.63, 3.8) is 0 Å². The Morgan fingerprint density at radius 2 is 1.41 bits per heavy atom. The molecule has 1 aliphatic rings. The van der Waals surface area contributed by atoms with E-state index >= 15 is 0 Å². The first kappa shape index (κ1) is 24.7. The van der Waals surface area contributed by atoms with E-state index in [1.54, 1.807) is 4.90 Å². The molecule has 0 atom stereocenters. The highest BCUT2D eigenvalue weighted by atomic mass is 35.5. The second-order valence-corrected chi connectivity index (χ2v) is 13.5. The molecule has 1 saturated heterocycles. The lowest BCUT2D eigenvalue weighted by molar-refractivity contribution is -0.133. The molecule has 1 aliphatic heterocycles. The van der Waals surface area contributed by atoms with Crippen LogP contribution in [0.2, 0.25) is 17.1 Å². The normalized spacial score (nSPS) is 16.2. The van der Waals surface area contributed by atoms with Gasteiger partial charge in [0.1, 0.15) is 5.41 Å². The van der Waals surface area contributed by atoms with Crippen LogP contribution in [0.25, 0.3) is 0 Å². The van der Waals surface area contributed by atoms with Crippen molar-refractivity contribution in [3.05, 3.63) is 101 Å². The third-order valence-electron chi connectivity index (χ3n) is 7.17. The molecule has 0 aromatic heterocycles. The maximum Gasteiger partial charge on any atom is 0.237 e. The third kappa shape index (κ3) is 4.98. The fourth-order valence-electron chi connectivity index (χ4n) is 5.16. The van der Waals surface area contributed by atoms with E-state index in [0.29, 0.717) is 11.4 Å². The van der Waals surface area contributed by atoms with Crippen LogP contribution in [-0.2, 0) is 10.2 Å². The summed E-state index contributed by atoms with van der Waals surface area (Å²) >= 11 is 6.05. The average Bonchev–Trinajstić information content (AvgIpc) is 2.87. The summed E-state index contributed by atoms with van der Waals surface area (Å²) in [6.45, 7) is 2.46. The number of hydrogen-bond donors (Lipinski definition) is 1. The van der Waals surface area contributed by atoms with Gasteiger partial charge >= 0.3 is 0 Å². The molecule has 1 fully saturated rings. The first-order chi connectivity index (χ1) is 16.3. The summed E-state index contributed by atoms with van der Waals surface area (Å²) in [6, 6.07) is 29.6. The summed E-state index contributed by atoms with van der Waals surface area (Å²) in [6.07, 6.45) is 0.680.